The van der Waals surface area contributed by atoms with Gasteiger partial charge < -0.3 is 9.84 Å². The quantitative estimate of drug-likeness (QED) is 0.149. The summed E-state index contributed by atoms with van der Waals surface area (Å²) in [6.07, 6.45) is 2.28. The van der Waals surface area contributed by atoms with E-state index in [-0.39, 0.29) is 46.1 Å². The van der Waals surface area contributed by atoms with Gasteiger partial charge in [0.2, 0.25) is 11.8 Å². The minimum Gasteiger partial charge on any atom is -0.508 e. The molecule has 8 rings (SSSR count). The Morgan fingerprint density at radius 2 is 1.58 bits per heavy atom. The zero-order chi connectivity index (χ0) is 36.6. The van der Waals surface area contributed by atoms with Crippen molar-refractivity contribution in [3.63, 3.8) is 0 Å². The molecule has 2 aliphatic carbocycles. The Kier molecular flexibility index (Phi) is 8.65. The molecule has 2 heterocycles. The van der Waals surface area contributed by atoms with Gasteiger partial charge in [-0.1, -0.05) is 80.6 Å². The topological polar surface area (TPSA) is 116 Å². The van der Waals surface area contributed by atoms with Crippen LogP contribution in [0.5, 0.6) is 11.5 Å². The number of carbonyl (C=O) groups excluding carboxylic acids is 4. The van der Waals surface area contributed by atoms with Crippen LogP contribution in [0.2, 0.25) is 15.1 Å². The van der Waals surface area contributed by atoms with Crippen LogP contribution < -0.4 is 15.1 Å². The van der Waals surface area contributed by atoms with E-state index < -0.39 is 46.8 Å². The molecule has 3 fully saturated rings. The third kappa shape index (κ3) is 5.17. The number of phenols is 1. The van der Waals surface area contributed by atoms with Crippen molar-refractivity contribution in [3.8, 4) is 11.5 Å². The van der Waals surface area contributed by atoms with Gasteiger partial charge in [0.15, 0.2) is 0 Å². The maximum Gasteiger partial charge on any atom is 0.260 e. The van der Waals surface area contributed by atoms with E-state index in [1.807, 2.05) is 6.08 Å². The number of halogens is 4. The van der Waals surface area contributed by atoms with Crippen LogP contribution in [0.4, 0.5) is 11.4 Å². The second kappa shape index (κ2) is 12.9. The van der Waals surface area contributed by atoms with Gasteiger partial charge in [-0.25, -0.2) is 0 Å². The molecule has 264 valence electrons. The van der Waals surface area contributed by atoms with E-state index in [1.54, 1.807) is 66.7 Å². The number of phenolic OH excluding ortho intramolecular Hbond substituents is 1. The standard InChI is InChI=1S/C39H29BrCl3N3O6/c1-52-24-10-2-19(3-11-24)39-29(36(49)46(38(39)51)44-32-15-6-21(41)16-31(32)43)18-28-25(34(39)26-12-9-23(47)17-30(26)42)13-14-27-33(28)37(50)45(35(27)48)22-7-4-20(40)5-8-22/h2-13,15-17,27-29,33-34,44,47H,14,18H2,1H3/t27-,28+,29-,33-,34+,39+/m0/s1. The van der Waals surface area contributed by atoms with E-state index in [9.17, 15) is 19.5 Å². The van der Waals surface area contributed by atoms with E-state index in [2.05, 4.69) is 21.4 Å². The molecule has 9 nitrogen and oxygen atoms in total. The molecule has 0 bridgehead atoms. The molecule has 4 aliphatic rings. The summed E-state index contributed by atoms with van der Waals surface area (Å²) in [6, 6.07) is 23.2. The highest BCUT2D eigenvalue weighted by Crippen LogP contribution is 2.65. The van der Waals surface area contributed by atoms with Crippen LogP contribution in [0.1, 0.15) is 29.9 Å². The van der Waals surface area contributed by atoms with Crippen molar-refractivity contribution in [2.45, 2.75) is 24.2 Å². The number of allylic oxidation sites excluding steroid dienone is 2. The molecule has 4 aromatic carbocycles. The molecule has 52 heavy (non-hydrogen) atoms. The van der Waals surface area contributed by atoms with Gasteiger partial charge in [0.05, 0.1) is 46.7 Å². The van der Waals surface area contributed by atoms with E-state index in [1.165, 1.54) is 30.2 Å². The van der Waals surface area contributed by atoms with Crippen LogP contribution in [-0.4, -0.2) is 40.9 Å². The molecule has 6 atom stereocenters. The highest BCUT2D eigenvalue weighted by molar-refractivity contribution is 9.10. The third-order valence-electron chi connectivity index (χ3n) is 11.0. The van der Waals surface area contributed by atoms with Gasteiger partial charge in [-0.05, 0) is 96.6 Å². The number of benzene rings is 4. The summed E-state index contributed by atoms with van der Waals surface area (Å²) in [6.45, 7) is 0. The molecule has 0 unspecified atom stereocenters. The SMILES string of the molecule is COc1ccc([C@@]23C(=O)N(Nc4ccc(Cl)cc4Cl)C(=O)[C@@H]2C[C@@H]2C(=CC[C@@H]4C(=O)N(c5ccc(Br)cc5)C(=O)[C@@H]42)[C@@H]3c2ccc(O)cc2Cl)cc1. The number of anilines is 2. The molecule has 1 saturated carbocycles. The van der Waals surface area contributed by atoms with Gasteiger partial charge in [0, 0.05) is 20.4 Å². The molecule has 2 aliphatic heterocycles. The summed E-state index contributed by atoms with van der Waals surface area (Å²) >= 11 is 23.1. The number of methoxy groups -OCH3 is 1. The fourth-order valence-electron chi connectivity index (χ4n) is 8.78. The summed E-state index contributed by atoms with van der Waals surface area (Å²) in [5, 5.41) is 12.2. The molecule has 2 N–H and O–H groups in total. The molecular weight excluding hydrogens is 793 g/mol. The molecule has 2 saturated heterocycles. The number of nitrogens with zero attached hydrogens (tertiary/aromatic N) is 2. The van der Waals surface area contributed by atoms with Crippen LogP contribution in [0.15, 0.2) is 101 Å². The van der Waals surface area contributed by atoms with Crippen LogP contribution in [-0.2, 0) is 24.6 Å². The zero-order valence-electron chi connectivity index (χ0n) is 27.4. The minimum absolute atomic E-state index is 0.0787. The molecular formula is C39H29BrCl3N3O6. The fourth-order valence-corrected chi connectivity index (χ4v) is 9.78. The van der Waals surface area contributed by atoms with Crippen LogP contribution in [0.3, 0.4) is 0 Å². The predicted molar refractivity (Wildman–Crippen MR) is 200 cm³/mol. The molecule has 0 spiro atoms. The number of amides is 4. The van der Waals surface area contributed by atoms with Crippen molar-refractivity contribution < 1.29 is 29.0 Å². The second-order valence-electron chi connectivity index (χ2n) is 13.4. The lowest BCUT2D eigenvalue weighted by Crippen LogP contribution is -2.53. The largest absolute Gasteiger partial charge is 0.508 e. The van der Waals surface area contributed by atoms with Crippen molar-refractivity contribution in [1.82, 2.24) is 5.01 Å². The van der Waals surface area contributed by atoms with E-state index in [0.29, 0.717) is 27.6 Å². The Labute approximate surface area is 322 Å². The molecule has 13 heteroatoms. The first-order valence-electron chi connectivity index (χ1n) is 16.5. The van der Waals surface area contributed by atoms with Gasteiger partial charge in [0.1, 0.15) is 11.5 Å². The first-order valence-corrected chi connectivity index (χ1v) is 18.4. The molecule has 4 amide bonds. The van der Waals surface area contributed by atoms with Gasteiger partial charge >= 0.3 is 0 Å². The van der Waals surface area contributed by atoms with Crippen LogP contribution in [0, 0.1) is 23.7 Å². The van der Waals surface area contributed by atoms with Crippen LogP contribution in [0.25, 0.3) is 0 Å². The molecule has 0 aromatic heterocycles. The maximum atomic E-state index is 15.3. The van der Waals surface area contributed by atoms with Crippen molar-refractivity contribution in [1.29, 1.82) is 0 Å². The number of fused-ring (bicyclic) bond motifs is 4. The highest BCUT2D eigenvalue weighted by atomic mass is 79.9. The Hall–Kier alpha value is -4.35. The number of imide groups is 2. The first-order chi connectivity index (χ1) is 24.9. The Morgan fingerprint density at radius 3 is 2.25 bits per heavy atom. The fraction of sp³-hybridized carbons (Fsp3) is 0.231. The van der Waals surface area contributed by atoms with Gasteiger partial charge in [0.25, 0.3) is 11.8 Å². The minimum atomic E-state index is -1.58. The van der Waals surface area contributed by atoms with Crippen molar-refractivity contribution in [3.05, 3.63) is 127 Å². The Balaban J connectivity index is 1.33. The first kappa shape index (κ1) is 34.7. The number of rotatable bonds is 6. The number of nitrogens with one attached hydrogen (secondary N) is 1. The molecule has 4 aromatic rings. The highest BCUT2D eigenvalue weighted by Gasteiger charge is 2.70. The van der Waals surface area contributed by atoms with Crippen molar-refractivity contribution in [2.75, 3.05) is 17.4 Å². The smallest absolute Gasteiger partial charge is 0.260 e. The maximum absolute atomic E-state index is 15.3. The lowest BCUT2D eigenvalue weighted by Gasteiger charge is -2.50. The van der Waals surface area contributed by atoms with E-state index >= 15 is 4.79 Å². The third-order valence-corrected chi connectivity index (χ3v) is 12.4. The lowest BCUT2D eigenvalue weighted by molar-refractivity contribution is -0.138. The lowest BCUT2D eigenvalue weighted by atomic mass is 9.49. The summed E-state index contributed by atoms with van der Waals surface area (Å²) in [4.78, 5) is 59.9. The predicted octanol–water partition coefficient (Wildman–Crippen LogP) is 8.31. The van der Waals surface area contributed by atoms with Crippen molar-refractivity contribution in [2.24, 2.45) is 23.7 Å². The van der Waals surface area contributed by atoms with Crippen molar-refractivity contribution >= 4 is 85.7 Å². The number of hydrogen-bond acceptors (Lipinski definition) is 7. The van der Waals surface area contributed by atoms with Gasteiger partial charge in [-0.2, -0.15) is 5.01 Å². The number of ether oxygens (including phenoxy) is 1. The summed E-state index contributed by atoms with van der Waals surface area (Å²) in [7, 11) is 1.53. The molecule has 0 radical (unpaired) electrons. The number of carbonyl (C=O) groups is 4. The Morgan fingerprint density at radius 1 is 0.846 bits per heavy atom. The second-order valence-corrected chi connectivity index (χ2v) is 15.6. The average molecular weight is 822 g/mol. The van der Waals surface area contributed by atoms with E-state index in [4.69, 9.17) is 39.5 Å². The summed E-state index contributed by atoms with van der Waals surface area (Å²) < 4.78 is 6.25. The van der Waals surface area contributed by atoms with Crippen LogP contribution >= 0.6 is 50.7 Å². The summed E-state index contributed by atoms with van der Waals surface area (Å²) in [5.41, 5.74) is 3.89. The monoisotopic (exact) mass is 819 g/mol. The Bertz CT molecular complexity index is 2210. The average Bonchev–Trinajstić information content (AvgIpc) is 3.51. The zero-order valence-corrected chi connectivity index (χ0v) is 31.2. The number of hydrogen-bond donors (Lipinski definition) is 2. The normalized spacial score (nSPS) is 26.6. The van der Waals surface area contributed by atoms with E-state index in [0.717, 1.165) is 15.1 Å². The number of aromatic hydroxyl groups is 1. The van der Waals surface area contributed by atoms with Gasteiger partial charge in [-0.3, -0.25) is 29.5 Å². The van der Waals surface area contributed by atoms with Gasteiger partial charge in [-0.15, -0.1) is 0 Å². The summed E-state index contributed by atoms with van der Waals surface area (Å²) in [5.74, 6) is -5.25. The number of hydrazine groups is 1.